The standard InChI is InChI=1S/2H2N.2O.Ru/h2*1H2;;;/q2*-1;;;. The van der Waals surface area contributed by atoms with Crippen LogP contribution in [0.15, 0.2) is 0 Å². The fourth-order valence-electron chi connectivity index (χ4n) is 0. The molecule has 0 aliphatic heterocycles. The molecule has 5 heteroatoms. The summed E-state index contributed by atoms with van der Waals surface area (Å²) >= 11 is -1.79. The molecule has 0 aromatic carbocycles. The second kappa shape index (κ2) is 31.3. The Bertz CT molecular complexity index is 28.6. The summed E-state index contributed by atoms with van der Waals surface area (Å²) in [5.74, 6) is 0. The van der Waals surface area contributed by atoms with Gasteiger partial charge in [0.25, 0.3) is 0 Å². The van der Waals surface area contributed by atoms with Gasteiger partial charge in [-0.05, 0) is 0 Å². The first-order valence-electron chi connectivity index (χ1n) is 0.289. The molecule has 0 aromatic heterocycles. The Labute approximate surface area is 37.2 Å². The van der Waals surface area contributed by atoms with Gasteiger partial charge in [0.05, 0.1) is 0 Å². The van der Waals surface area contributed by atoms with Gasteiger partial charge in [0.2, 0.25) is 0 Å². The third-order valence-corrected chi connectivity index (χ3v) is 0. The Hall–Kier alpha value is 0.143. The van der Waals surface area contributed by atoms with Crippen LogP contribution in [0.25, 0.3) is 12.3 Å². The van der Waals surface area contributed by atoms with Crippen LogP contribution in [0.3, 0.4) is 0 Å². The molecular formula is H4N2O2Ru-2. The van der Waals surface area contributed by atoms with Crippen LogP contribution in [-0.4, -0.2) is 0 Å². The van der Waals surface area contributed by atoms with Crippen LogP contribution in [0.1, 0.15) is 0 Å². The average Bonchev–Trinajstić information content (AvgIpc) is 0.918. The summed E-state index contributed by atoms with van der Waals surface area (Å²) in [7, 11) is 0. The van der Waals surface area contributed by atoms with E-state index in [0.29, 0.717) is 0 Å². The third kappa shape index (κ3) is 926. The van der Waals surface area contributed by atoms with E-state index < -0.39 is 17.0 Å². The summed E-state index contributed by atoms with van der Waals surface area (Å²) < 4.78 is 16.9. The van der Waals surface area contributed by atoms with Gasteiger partial charge in [-0.3, -0.25) is 0 Å². The van der Waals surface area contributed by atoms with Crippen molar-refractivity contribution in [1.29, 1.82) is 0 Å². The second-order valence-corrected chi connectivity index (χ2v) is 0.349. The van der Waals surface area contributed by atoms with Crippen molar-refractivity contribution in [3.63, 3.8) is 0 Å². The van der Waals surface area contributed by atoms with Gasteiger partial charge in [-0.1, -0.05) is 0 Å². The summed E-state index contributed by atoms with van der Waals surface area (Å²) in [5.41, 5.74) is 0. The van der Waals surface area contributed by atoms with E-state index in [1.54, 1.807) is 0 Å². The normalized spacial score (nSPS) is 3.20. The van der Waals surface area contributed by atoms with Crippen LogP contribution >= 0.6 is 0 Å². The molecule has 4 nitrogen and oxygen atoms in total. The predicted octanol–water partition coefficient (Wildman–Crippen LogP) is 1.19. The molecule has 0 aliphatic rings. The first-order chi connectivity index (χ1) is 1.41. The quantitative estimate of drug-likeness (QED) is 0.503. The molecule has 0 spiro atoms. The van der Waals surface area contributed by atoms with Gasteiger partial charge < -0.3 is 12.3 Å². The Morgan fingerprint density at radius 1 is 1.00 bits per heavy atom. The van der Waals surface area contributed by atoms with Crippen molar-refractivity contribution in [2.45, 2.75) is 0 Å². The van der Waals surface area contributed by atoms with E-state index in [0.717, 1.165) is 0 Å². The zero-order valence-corrected chi connectivity index (χ0v) is 4.06. The third-order valence-electron chi connectivity index (χ3n) is 0. The van der Waals surface area contributed by atoms with Gasteiger partial charge in [-0.2, -0.15) is 0 Å². The molecule has 36 valence electrons. The monoisotopic (exact) mass is 166 g/mol. The summed E-state index contributed by atoms with van der Waals surface area (Å²) in [6.07, 6.45) is 0. The first kappa shape index (κ1) is 19.2. The average molecular weight is 165 g/mol. The molecular weight excluding hydrogens is 161 g/mol. The Morgan fingerprint density at radius 2 is 1.00 bits per heavy atom. The van der Waals surface area contributed by atoms with Crippen molar-refractivity contribution in [3.05, 3.63) is 12.3 Å². The summed E-state index contributed by atoms with van der Waals surface area (Å²) in [6, 6.07) is 0. The van der Waals surface area contributed by atoms with Crippen LogP contribution in [-0.2, 0) is 24.2 Å². The van der Waals surface area contributed by atoms with Gasteiger partial charge in [0.1, 0.15) is 0 Å². The van der Waals surface area contributed by atoms with Gasteiger partial charge in [0.15, 0.2) is 0 Å². The summed E-state index contributed by atoms with van der Waals surface area (Å²) in [6.45, 7) is 0. The van der Waals surface area contributed by atoms with Crippen molar-refractivity contribution < 1.29 is 24.2 Å². The van der Waals surface area contributed by atoms with E-state index in [2.05, 4.69) is 0 Å². The molecule has 0 aromatic rings. The van der Waals surface area contributed by atoms with Gasteiger partial charge in [0, 0.05) is 0 Å². The molecule has 0 unspecified atom stereocenters. The molecule has 0 heterocycles. The van der Waals surface area contributed by atoms with Crippen LogP contribution in [0.4, 0.5) is 0 Å². The van der Waals surface area contributed by atoms with E-state index in [1.165, 1.54) is 0 Å². The molecule has 0 amide bonds. The maximum atomic E-state index is 8.46. The van der Waals surface area contributed by atoms with E-state index in [4.69, 9.17) is 7.15 Å². The number of rotatable bonds is 0. The maximum absolute atomic E-state index is 8.46. The minimum atomic E-state index is -1.79. The summed E-state index contributed by atoms with van der Waals surface area (Å²) in [4.78, 5) is 0. The molecule has 0 radical (unpaired) electrons. The molecule has 0 atom stereocenters. The Balaban J connectivity index is -0.0000000200. The number of nitrogens with two attached hydrogens (primary N) is 2. The first-order valence-corrected chi connectivity index (χ1v) is 1.71. The van der Waals surface area contributed by atoms with E-state index in [9.17, 15) is 0 Å². The van der Waals surface area contributed by atoms with Crippen LogP contribution < -0.4 is 0 Å². The topological polar surface area (TPSA) is 101 Å². The van der Waals surface area contributed by atoms with Gasteiger partial charge in [-0.15, -0.1) is 0 Å². The molecule has 5 heavy (non-hydrogen) atoms. The molecule has 0 saturated carbocycles. The van der Waals surface area contributed by atoms with E-state index in [-0.39, 0.29) is 12.3 Å². The molecule has 0 bridgehead atoms. The molecule has 0 saturated heterocycles. The fourth-order valence-corrected chi connectivity index (χ4v) is 0. The van der Waals surface area contributed by atoms with Crippen molar-refractivity contribution in [1.82, 2.24) is 0 Å². The predicted molar refractivity (Wildman–Crippen MR) is 11.9 cm³/mol. The molecule has 4 N–H and O–H groups in total. The minimum absolute atomic E-state index is 0. The Morgan fingerprint density at radius 3 is 1.00 bits per heavy atom. The number of hydrogen-bond acceptors (Lipinski definition) is 2. The van der Waals surface area contributed by atoms with Crippen molar-refractivity contribution in [2.75, 3.05) is 0 Å². The SMILES string of the molecule is [NH2-].[NH2-].[O]=[Ru]=[O]. The van der Waals surface area contributed by atoms with Crippen LogP contribution in [0.2, 0.25) is 0 Å². The van der Waals surface area contributed by atoms with Crippen molar-refractivity contribution in [3.8, 4) is 0 Å². The number of hydrogen-bond donors (Lipinski definition) is 0. The van der Waals surface area contributed by atoms with Crippen LogP contribution in [0, 0.1) is 0 Å². The second-order valence-electron chi connectivity index (χ2n) is 0.0589. The zero-order chi connectivity index (χ0) is 2.71. The molecule has 0 rings (SSSR count). The molecule has 0 aliphatic carbocycles. The van der Waals surface area contributed by atoms with Gasteiger partial charge in [-0.25, -0.2) is 0 Å². The Kier molecular flexibility index (Phi) is 120. The van der Waals surface area contributed by atoms with Gasteiger partial charge >= 0.3 is 24.2 Å². The van der Waals surface area contributed by atoms with Crippen molar-refractivity contribution in [2.24, 2.45) is 0 Å². The fraction of sp³-hybridized carbons (Fsp3) is 0. The van der Waals surface area contributed by atoms with E-state index >= 15 is 0 Å². The summed E-state index contributed by atoms with van der Waals surface area (Å²) in [5, 5.41) is 0. The molecule has 0 fully saturated rings. The van der Waals surface area contributed by atoms with Crippen LogP contribution in [0.5, 0.6) is 0 Å². The zero-order valence-electron chi connectivity index (χ0n) is 2.32. The van der Waals surface area contributed by atoms with Crippen molar-refractivity contribution >= 4 is 0 Å². The van der Waals surface area contributed by atoms with E-state index in [1.807, 2.05) is 0 Å².